The summed E-state index contributed by atoms with van der Waals surface area (Å²) in [4.78, 5) is 10.1. The highest BCUT2D eigenvalue weighted by Gasteiger charge is 2.23. The van der Waals surface area contributed by atoms with Gasteiger partial charge >= 0.3 is 0 Å². The van der Waals surface area contributed by atoms with E-state index in [9.17, 15) is 5.11 Å². The van der Waals surface area contributed by atoms with Crippen LogP contribution >= 0.6 is 0 Å². The van der Waals surface area contributed by atoms with Crippen molar-refractivity contribution in [3.8, 4) is 45.3 Å². The number of aromatic nitrogens is 2. The number of phenols is 1. The summed E-state index contributed by atoms with van der Waals surface area (Å²) in [6, 6.07) is 32.2. The number of para-hydroxylation sites is 1. The second kappa shape index (κ2) is 12.6. The number of anilines is 2. The average Bonchev–Trinajstić information content (AvgIpc) is 3.43. The van der Waals surface area contributed by atoms with Gasteiger partial charge in [-0.2, -0.15) is 0 Å². The molecule has 5 rings (SSSR count). The Bertz CT molecular complexity index is 1610. The number of benzene rings is 4. The largest absolute Gasteiger partial charge is 0.507 e. The molecule has 1 aromatic heterocycles. The van der Waals surface area contributed by atoms with Crippen molar-refractivity contribution >= 4 is 11.4 Å². The molecule has 42 heavy (non-hydrogen) atoms. The van der Waals surface area contributed by atoms with E-state index in [2.05, 4.69) is 115 Å². The van der Waals surface area contributed by atoms with Crippen LogP contribution in [0.2, 0.25) is 0 Å². The summed E-state index contributed by atoms with van der Waals surface area (Å²) in [6.45, 7) is 16.5. The molecule has 5 heteroatoms. The van der Waals surface area contributed by atoms with Crippen molar-refractivity contribution in [2.24, 2.45) is 0 Å². The third-order valence-corrected chi connectivity index (χ3v) is 8.18. The van der Waals surface area contributed by atoms with Crippen LogP contribution in [0, 0.1) is 13.8 Å². The highest BCUT2D eigenvalue weighted by Crippen LogP contribution is 2.40. The van der Waals surface area contributed by atoms with Crippen LogP contribution in [0.5, 0.6) is 5.75 Å². The highest BCUT2D eigenvalue weighted by atomic mass is 16.3. The standard InChI is InChI=1S/C37H42N4O/c1-7-39(8-2)31-20-16-28(17-21-31)34-35(29-18-22-32(23-19-29)40(9-3)10-4)41(33-14-12-11-13-15-33)37(38-34)30-24-26(5)36(42)27(6)25-30/h11-25,42H,7-10H2,1-6H3. The van der Waals surface area contributed by atoms with Crippen molar-refractivity contribution in [1.29, 1.82) is 0 Å². The SMILES string of the molecule is CCN(CC)c1ccc(-c2nc(-c3cc(C)c(O)c(C)c3)n(-c3ccccc3)c2-c2ccc(N(CC)CC)cc2)cc1. The second-order valence-electron chi connectivity index (χ2n) is 10.7. The minimum Gasteiger partial charge on any atom is -0.507 e. The summed E-state index contributed by atoms with van der Waals surface area (Å²) >= 11 is 0. The lowest BCUT2D eigenvalue weighted by molar-refractivity contribution is 0.467. The maximum Gasteiger partial charge on any atom is 0.145 e. The highest BCUT2D eigenvalue weighted by molar-refractivity contribution is 5.85. The van der Waals surface area contributed by atoms with Gasteiger partial charge in [0.2, 0.25) is 0 Å². The molecule has 0 atom stereocenters. The van der Waals surface area contributed by atoms with E-state index in [1.165, 1.54) is 11.4 Å². The van der Waals surface area contributed by atoms with Crippen molar-refractivity contribution in [1.82, 2.24) is 9.55 Å². The van der Waals surface area contributed by atoms with Crippen LogP contribution in [0.15, 0.2) is 91.0 Å². The molecule has 5 nitrogen and oxygen atoms in total. The van der Waals surface area contributed by atoms with Gasteiger partial charge in [0.1, 0.15) is 11.6 Å². The van der Waals surface area contributed by atoms with E-state index in [1.54, 1.807) is 0 Å². The Morgan fingerprint density at radius 2 is 1.10 bits per heavy atom. The normalized spacial score (nSPS) is 11.1. The number of hydrogen-bond donors (Lipinski definition) is 1. The lowest BCUT2D eigenvalue weighted by Crippen LogP contribution is -2.21. The molecular weight excluding hydrogens is 516 g/mol. The Labute approximate surface area is 250 Å². The zero-order chi connectivity index (χ0) is 29.8. The number of aromatic hydroxyl groups is 1. The van der Waals surface area contributed by atoms with Crippen molar-refractivity contribution in [2.75, 3.05) is 36.0 Å². The Balaban J connectivity index is 1.80. The van der Waals surface area contributed by atoms with Gasteiger partial charge in [-0.15, -0.1) is 0 Å². The van der Waals surface area contributed by atoms with Crippen LogP contribution in [0.3, 0.4) is 0 Å². The molecule has 0 spiro atoms. The molecule has 0 aliphatic heterocycles. The van der Waals surface area contributed by atoms with E-state index < -0.39 is 0 Å². The fourth-order valence-corrected chi connectivity index (χ4v) is 5.83. The summed E-state index contributed by atoms with van der Waals surface area (Å²) in [5.41, 5.74) is 10.2. The van der Waals surface area contributed by atoms with E-state index in [0.29, 0.717) is 5.75 Å². The van der Waals surface area contributed by atoms with Crippen LogP contribution in [-0.2, 0) is 0 Å². The zero-order valence-corrected chi connectivity index (χ0v) is 25.7. The third-order valence-electron chi connectivity index (χ3n) is 8.18. The monoisotopic (exact) mass is 558 g/mol. The quantitative estimate of drug-likeness (QED) is 0.186. The molecule has 0 radical (unpaired) electrons. The summed E-state index contributed by atoms with van der Waals surface area (Å²) in [5.74, 6) is 1.18. The average molecular weight is 559 g/mol. The maximum absolute atomic E-state index is 10.6. The Morgan fingerprint density at radius 3 is 1.57 bits per heavy atom. The first-order valence-electron chi connectivity index (χ1n) is 15.1. The van der Waals surface area contributed by atoms with Gasteiger partial charge in [-0.1, -0.05) is 42.5 Å². The topological polar surface area (TPSA) is 44.5 Å². The minimum atomic E-state index is 0.330. The Hall–Kier alpha value is -4.51. The fraction of sp³-hybridized carbons (Fsp3) is 0.270. The number of nitrogens with zero attached hydrogens (tertiary/aromatic N) is 4. The summed E-state index contributed by atoms with van der Waals surface area (Å²) in [5, 5.41) is 10.6. The molecule has 0 fully saturated rings. The third kappa shape index (κ3) is 5.52. The van der Waals surface area contributed by atoms with Gasteiger partial charge in [0, 0.05) is 59.9 Å². The van der Waals surface area contributed by atoms with Gasteiger partial charge in [0.05, 0.1) is 11.4 Å². The lowest BCUT2D eigenvalue weighted by atomic mass is 10.0. The van der Waals surface area contributed by atoms with Crippen molar-refractivity contribution < 1.29 is 5.11 Å². The lowest BCUT2D eigenvalue weighted by Gasteiger charge is -2.22. The molecular formula is C37H42N4O. The first-order valence-corrected chi connectivity index (χ1v) is 15.1. The Kier molecular flexibility index (Phi) is 8.67. The molecule has 0 unspecified atom stereocenters. The van der Waals surface area contributed by atoms with E-state index in [1.807, 2.05) is 32.0 Å². The van der Waals surface area contributed by atoms with E-state index in [4.69, 9.17) is 4.98 Å². The molecule has 0 saturated heterocycles. The number of aryl methyl sites for hydroxylation is 2. The van der Waals surface area contributed by atoms with Gasteiger partial charge in [0.15, 0.2) is 0 Å². The summed E-state index contributed by atoms with van der Waals surface area (Å²) in [6.07, 6.45) is 0. The van der Waals surface area contributed by atoms with Gasteiger partial charge in [-0.25, -0.2) is 4.98 Å². The van der Waals surface area contributed by atoms with E-state index >= 15 is 0 Å². The van der Waals surface area contributed by atoms with Crippen molar-refractivity contribution in [3.63, 3.8) is 0 Å². The molecule has 0 aliphatic rings. The van der Waals surface area contributed by atoms with Crippen LogP contribution < -0.4 is 9.80 Å². The van der Waals surface area contributed by atoms with Gasteiger partial charge in [-0.3, -0.25) is 4.57 Å². The molecule has 0 aliphatic carbocycles. The van der Waals surface area contributed by atoms with Crippen molar-refractivity contribution in [3.05, 3.63) is 102 Å². The molecule has 216 valence electrons. The smallest absolute Gasteiger partial charge is 0.145 e. The van der Waals surface area contributed by atoms with Crippen molar-refractivity contribution in [2.45, 2.75) is 41.5 Å². The molecule has 0 amide bonds. The molecule has 1 N–H and O–H groups in total. The van der Waals surface area contributed by atoms with Crippen LogP contribution in [-0.4, -0.2) is 40.8 Å². The van der Waals surface area contributed by atoms with Crippen LogP contribution in [0.4, 0.5) is 11.4 Å². The van der Waals surface area contributed by atoms with Gasteiger partial charge in [0.25, 0.3) is 0 Å². The second-order valence-corrected chi connectivity index (χ2v) is 10.7. The summed E-state index contributed by atoms with van der Waals surface area (Å²) in [7, 11) is 0. The molecule has 1 heterocycles. The minimum absolute atomic E-state index is 0.330. The Morgan fingerprint density at radius 1 is 0.619 bits per heavy atom. The van der Waals surface area contributed by atoms with Gasteiger partial charge in [-0.05, 0) is 101 Å². The molecule has 5 aromatic rings. The summed E-state index contributed by atoms with van der Waals surface area (Å²) < 4.78 is 2.27. The number of hydrogen-bond acceptors (Lipinski definition) is 4. The van der Waals surface area contributed by atoms with E-state index in [0.717, 1.165) is 76.9 Å². The first kappa shape index (κ1) is 29.0. The van der Waals surface area contributed by atoms with Gasteiger partial charge < -0.3 is 14.9 Å². The zero-order valence-electron chi connectivity index (χ0n) is 25.7. The molecule has 0 saturated carbocycles. The van der Waals surface area contributed by atoms with E-state index in [-0.39, 0.29) is 0 Å². The van der Waals surface area contributed by atoms with Crippen LogP contribution in [0.25, 0.3) is 39.6 Å². The number of imidazole rings is 1. The fourth-order valence-electron chi connectivity index (χ4n) is 5.83. The predicted octanol–water partition coefficient (Wildman–Crippen LogP) is 8.89. The number of phenolic OH excluding ortho intramolecular Hbond substituents is 1. The number of rotatable bonds is 10. The first-order chi connectivity index (χ1) is 20.4. The molecule has 0 bridgehead atoms. The molecule has 4 aromatic carbocycles. The maximum atomic E-state index is 10.6. The predicted molar refractivity (Wildman–Crippen MR) is 178 cm³/mol. The van der Waals surface area contributed by atoms with Crippen LogP contribution in [0.1, 0.15) is 38.8 Å².